The maximum atomic E-state index is 12.2. The fourth-order valence-electron chi connectivity index (χ4n) is 2.52. The van der Waals surface area contributed by atoms with E-state index in [2.05, 4.69) is 27.5 Å². The highest BCUT2D eigenvalue weighted by atomic mass is 16.5. The van der Waals surface area contributed by atoms with Crippen molar-refractivity contribution in [2.45, 2.75) is 25.4 Å². The molecule has 18 heavy (non-hydrogen) atoms. The van der Waals surface area contributed by atoms with E-state index in [0.717, 1.165) is 43.8 Å². The van der Waals surface area contributed by atoms with Crippen molar-refractivity contribution in [3.63, 3.8) is 0 Å². The molecule has 0 aliphatic carbocycles. The lowest BCUT2D eigenvalue weighted by atomic mass is 10.1. The Morgan fingerprint density at radius 2 is 2.50 bits per heavy atom. The van der Waals surface area contributed by atoms with E-state index >= 15 is 0 Å². The maximum Gasteiger partial charge on any atom is 0.272 e. The number of ether oxygens (including phenoxy) is 1. The quantitative estimate of drug-likeness (QED) is 0.770. The molecule has 1 aromatic rings. The zero-order chi connectivity index (χ0) is 12.5. The Morgan fingerprint density at radius 1 is 1.61 bits per heavy atom. The molecule has 0 aromatic carbocycles. The first-order valence-electron chi connectivity index (χ1n) is 6.37. The van der Waals surface area contributed by atoms with Crippen LogP contribution < -0.4 is 5.32 Å². The molecule has 1 fully saturated rings. The predicted octanol–water partition coefficient (Wildman–Crippen LogP) is -0.0837. The number of nitrogens with one attached hydrogen (secondary N) is 2. The van der Waals surface area contributed by atoms with Crippen LogP contribution in [0.5, 0.6) is 0 Å². The SMILES string of the molecule is CN1CCc2[nH]nc(C(=O)N[C@@H]3CCOC3)c2C1. The number of H-pyrrole nitrogens is 1. The molecule has 0 bridgehead atoms. The molecule has 98 valence electrons. The molecule has 1 atom stereocenters. The molecule has 2 N–H and O–H groups in total. The van der Waals surface area contributed by atoms with Gasteiger partial charge in [0.25, 0.3) is 5.91 Å². The van der Waals surface area contributed by atoms with Gasteiger partial charge in [-0.3, -0.25) is 9.89 Å². The van der Waals surface area contributed by atoms with Crippen LogP contribution in [0.4, 0.5) is 0 Å². The predicted molar refractivity (Wildman–Crippen MR) is 65.3 cm³/mol. The highest BCUT2D eigenvalue weighted by Gasteiger charge is 2.26. The third-order valence-electron chi connectivity index (χ3n) is 3.60. The average molecular weight is 250 g/mol. The summed E-state index contributed by atoms with van der Waals surface area (Å²) in [6, 6.07) is 0.131. The van der Waals surface area contributed by atoms with Crippen LogP contribution in [-0.4, -0.2) is 53.9 Å². The topological polar surface area (TPSA) is 70.2 Å². The van der Waals surface area contributed by atoms with Gasteiger partial charge in [0.2, 0.25) is 0 Å². The Labute approximate surface area is 106 Å². The molecule has 0 radical (unpaired) electrons. The molecular weight excluding hydrogens is 232 g/mol. The van der Waals surface area contributed by atoms with E-state index in [1.54, 1.807) is 0 Å². The van der Waals surface area contributed by atoms with Crippen LogP contribution in [0.25, 0.3) is 0 Å². The number of amides is 1. The number of aromatic amines is 1. The van der Waals surface area contributed by atoms with E-state index in [0.29, 0.717) is 12.3 Å². The van der Waals surface area contributed by atoms with Gasteiger partial charge < -0.3 is 15.0 Å². The summed E-state index contributed by atoms with van der Waals surface area (Å²) in [5.41, 5.74) is 2.68. The molecule has 1 amide bonds. The molecule has 0 unspecified atom stereocenters. The van der Waals surface area contributed by atoms with Crippen molar-refractivity contribution in [2.75, 3.05) is 26.8 Å². The van der Waals surface area contributed by atoms with Crippen LogP contribution in [0.3, 0.4) is 0 Å². The van der Waals surface area contributed by atoms with Crippen molar-refractivity contribution < 1.29 is 9.53 Å². The lowest BCUT2D eigenvalue weighted by molar-refractivity contribution is 0.0923. The van der Waals surface area contributed by atoms with Crippen molar-refractivity contribution >= 4 is 5.91 Å². The molecular formula is C12H18N4O2. The Kier molecular flexibility index (Phi) is 3.05. The second kappa shape index (κ2) is 4.70. The van der Waals surface area contributed by atoms with E-state index < -0.39 is 0 Å². The second-order valence-electron chi connectivity index (χ2n) is 5.05. The van der Waals surface area contributed by atoms with Crippen LogP contribution in [-0.2, 0) is 17.7 Å². The van der Waals surface area contributed by atoms with Crippen LogP contribution in [0.15, 0.2) is 0 Å². The van der Waals surface area contributed by atoms with Gasteiger partial charge in [-0.15, -0.1) is 0 Å². The summed E-state index contributed by atoms with van der Waals surface area (Å²) in [6.07, 6.45) is 1.82. The minimum atomic E-state index is -0.0849. The summed E-state index contributed by atoms with van der Waals surface area (Å²) in [6.45, 7) is 3.13. The number of carbonyl (C=O) groups is 1. The number of nitrogens with zero attached hydrogens (tertiary/aromatic N) is 2. The van der Waals surface area contributed by atoms with Gasteiger partial charge in [-0.25, -0.2) is 0 Å². The third kappa shape index (κ3) is 2.13. The minimum absolute atomic E-state index is 0.0849. The first kappa shape index (κ1) is 11.7. The van der Waals surface area contributed by atoms with Gasteiger partial charge >= 0.3 is 0 Å². The van der Waals surface area contributed by atoms with Crippen molar-refractivity contribution in [2.24, 2.45) is 0 Å². The highest BCUT2D eigenvalue weighted by Crippen LogP contribution is 2.19. The molecule has 1 saturated heterocycles. The van der Waals surface area contributed by atoms with Gasteiger partial charge in [-0.2, -0.15) is 5.10 Å². The fourth-order valence-corrected chi connectivity index (χ4v) is 2.52. The number of carbonyl (C=O) groups excluding carboxylic acids is 1. The molecule has 2 aliphatic rings. The minimum Gasteiger partial charge on any atom is -0.379 e. The number of hydrogen-bond donors (Lipinski definition) is 2. The Morgan fingerprint density at radius 3 is 3.28 bits per heavy atom. The smallest absolute Gasteiger partial charge is 0.272 e. The first-order chi connectivity index (χ1) is 8.74. The summed E-state index contributed by atoms with van der Waals surface area (Å²) < 4.78 is 5.25. The molecule has 1 aromatic heterocycles. The number of hydrogen-bond acceptors (Lipinski definition) is 4. The van der Waals surface area contributed by atoms with E-state index in [1.807, 2.05) is 0 Å². The zero-order valence-corrected chi connectivity index (χ0v) is 10.5. The fraction of sp³-hybridized carbons (Fsp3) is 0.667. The average Bonchev–Trinajstić information content (AvgIpc) is 2.97. The molecule has 0 saturated carbocycles. The summed E-state index contributed by atoms with van der Waals surface area (Å²) in [5, 5.41) is 10.1. The van der Waals surface area contributed by atoms with E-state index in [4.69, 9.17) is 4.74 Å². The van der Waals surface area contributed by atoms with Crippen molar-refractivity contribution in [3.05, 3.63) is 17.0 Å². The lowest BCUT2D eigenvalue weighted by Gasteiger charge is -2.22. The lowest BCUT2D eigenvalue weighted by Crippen LogP contribution is -2.36. The van der Waals surface area contributed by atoms with E-state index in [1.165, 1.54) is 0 Å². The Hall–Kier alpha value is -1.40. The third-order valence-corrected chi connectivity index (χ3v) is 3.60. The number of likely N-dealkylation sites (N-methyl/N-ethyl adjacent to an activating group) is 1. The van der Waals surface area contributed by atoms with Gasteiger partial charge in [0.05, 0.1) is 12.6 Å². The summed E-state index contributed by atoms with van der Waals surface area (Å²) in [4.78, 5) is 14.4. The molecule has 0 spiro atoms. The molecule has 3 rings (SSSR count). The Bertz CT molecular complexity index is 451. The molecule has 6 heteroatoms. The number of aromatic nitrogens is 2. The van der Waals surface area contributed by atoms with Gasteiger partial charge in [0.1, 0.15) is 0 Å². The largest absolute Gasteiger partial charge is 0.379 e. The first-order valence-corrected chi connectivity index (χ1v) is 6.37. The van der Waals surface area contributed by atoms with Gasteiger partial charge in [-0.05, 0) is 13.5 Å². The summed E-state index contributed by atoms with van der Waals surface area (Å²) in [7, 11) is 2.06. The van der Waals surface area contributed by atoms with Crippen molar-refractivity contribution in [1.82, 2.24) is 20.4 Å². The Balaban J connectivity index is 1.75. The van der Waals surface area contributed by atoms with Crippen LogP contribution in [0, 0.1) is 0 Å². The summed E-state index contributed by atoms with van der Waals surface area (Å²) >= 11 is 0. The molecule has 2 aliphatic heterocycles. The summed E-state index contributed by atoms with van der Waals surface area (Å²) in [5.74, 6) is -0.0849. The van der Waals surface area contributed by atoms with Crippen LogP contribution in [0.1, 0.15) is 28.2 Å². The van der Waals surface area contributed by atoms with Crippen LogP contribution >= 0.6 is 0 Å². The maximum absolute atomic E-state index is 12.2. The number of fused-ring (bicyclic) bond motifs is 1. The van der Waals surface area contributed by atoms with Gasteiger partial charge in [0, 0.05) is 37.4 Å². The van der Waals surface area contributed by atoms with Gasteiger partial charge in [0.15, 0.2) is 5.69 Å². The van der Waals surface area contributed by atoms with Crippen molar-refractivity contribution in [1.29, 1.82) is 0 Å². The van der Waals surface area contributed by atoms with Crippen molar-refractivity contribution in [3.8, 4) is 0 Å². The second-order valence-corrected chi connectivity index (χ2v) is 5.05. The normalized spacial score (nSPS) is 23.9. The standard InChI is InChI=1S/C12H18N4O2/c1-16-4-2-10-9(6-16)11(15-14-10)12(17)13-8-3-5-18-7-8/h8H,2-7H2,1H3,(H,13,17)(H,14,15)/t8-/m1/s1. The van der Waals surface area contributed by atoms with Crippen LogP contribution in [0.2, 0.25) is 0 Å². The monoisotopic (exact) mass is 250 g/mol. The molecule has 3 heterocycles. The van der Waals surface area contributed by atoms with E-state index in [9.17, 15) is 4.79 Å². The van der Waals surface area contributed by atoms with Gasteiger partial charge in [-0.1, -0.05) is 0 Å². The highest BCUT2D eigenvalue weighted by molar-refractivity contribution is 5.94. The molecule has 6 nitrogen and oxygen atoms in total. The number of rotatable bonds is 2. The van der Waals surface area contributed by atoms with E-state index in [-0.39, 0.29) is 11.9 Å². The zero-order valence-electron chi connectivity index (χ0n) is 10.5.